The lowest BCUT2D eigenvalue weighted by Crippen LogP contribution is -2.11. The van der Waals surface area contributed by atoms with Crippen LogP contribution < -0.4 is 9.05 Å². The van der Waals surface area contributed by atoms with Crippen molar-refractivity contribution in [1.29, 1.82) is 0 Å². The lowest BCUT2D eigenvalue weighted by molar-refractivity contribution is 0.170. The molecule has 2 atom stereocenters. The van der Waals surface area contributed by atoms with Crippen LogP contribution in [0.15, 0.2) is 60.7 Å². The van der Waals surface area contributed by atoms with Crippen molar-refractivity contribution in [2.45, 2.75) is 0 Å². The second kappa shape index (κ2) is 6.47. The number of rotatable bonds is 4. The van der Waals surface area contributed by atoms with Gasteiger partial charge in [0.2, 0.25) is 0 Å². The number of phosphoric acid groups is 3. The van der Waals surface area contributed by atoms with Gasteiger partial charge in [0, 0.05) is 0 Å². The molecule has 1 N–H and O–H groups in total. The fourth-order valence-electron chi connectivity index (χ4n) is 1.71. The molecule has 0 aliphatic carbocycles. The van der Waals surface area contributed by atoms with Crippen molar-refractivity contribution >= 4 is 23.5 Å². The summed E-state index contributed by atoms with van der Waals surface area (Å²) in [4.78, 5) is 9.53. The summed E-state index contributed by atoms with van der Waals surface area (Å²) < 4.78 is 60.1. The molecule has 1 aliphatic rings. The quantitative estimate of drug-likeness (QED) is 0.749. The lowest BCUT2D eigenvalue weighted by Gasteiger charge is -2.29. The lowest BCUT2D eigenvalue weighted by atomic mass is 10.3. The van der Waals surface area contributed by atoms with Crippen LogP contribution in [0.1, 0.15) is 0 Å². The number of para-hydroxylation sites is 2. The molecule has 1 fully saturated rings. The van der Waals surface area contributed by atoms with Crippen LogP contribution in [0.3, 0.4) is 0 Å². The smallest absolute Gasteiger partial charge is 0.403 e. The molecule has 1 heterocycles. The number of hydrogen-bond acceptors (Lipinski definition) is 8. The minimum atomic E-state index is -5.00. The Hall–Kier alpha value is -1.43. The van der Waals surface area contributed by atoms with Crippen molar-refractivity contribution in [2.24, 2.45) is 0 Å². The van der Waals surface area contributed by atoms with E-state index in [0.717, 1.165) is 0 Å². The highest BCUT2D eigenvalue weighted by Crippen LogP contribution is 2.80. The van der Waals surface area contributed by atoms with E-state index in [-0.39, 0.29) is 11.5 Å². The summed E-state index contributed by atoms with van der Waals surface area (Å²) in [6, 6.07) is 15.1. The van der Waals surface area contributed by atoms with Crippen molar-refractivity contribution < 1.29 is 40.6 Å². The summed E-state index contributed by atoms with van der Waals surface area (Å²) in [5.41, 5.74) is 0. The fourth-order valence-corrected chi connectivity index (χ4v) is 7.17. The van der Waals surface area contributed by atoms with Crippen LogP contribution in [0, 0.1) is 0 Å². The first kappa shape index (κ1) is 17.4. The summed E-state index contributed by atoms with van der Waals surface area (Å²) >= 11 is 0. The fraction of sp³-hybridized carbons (Fsp3) is 0. The van der Waals surface area contributed by atoms with Crippen LogP contribution >= 0.6 is 23.5 Å². The second-order valence-electron chi connectivity index (χ2n) is 4.42. The molecule has 0 saturated carbocycles. The van der Waals surface area contributed by atoms with Crippen molar-refractivity contribution in [3.05, 3.63) is 60.7 Å². The molecule has 2 aromatic rings. The van der Waals surface area contributed by atoms with E-state index in [1.54, 1.807) is 36.4 Å². The zero-order valence-electron chi connectivity index (χ0n) is 11.8. The molecule has 9 nitrogen and oxygen atoms in total. The molecule has 128 valence electrons. The standard InChI is InChI=1S/C12H11O9P3/c13-22(14)19-23(15,17-11-7-3-1-4-8-11)21-24(16,20-22)18-12-9-5-2-6-10-12/h1-10H,(H,13,14). The first-order valence-corrected chi connectivity index (χ1v) is 10.9. The zero-order valence-corrected chi connectivity index (χ0v) is 14.5. The predicted molar refractivity (Wildman–Crippen MR) is 82.4 cm³/mol. The van der Waals surface area contributed by atoms with E-state index in [1.807, 2.05) is 0 Å². The van der Waals surface area contributed by atoms with E-state index in [0.29, 0.717) is 0 Å². The maximum atomic E-state index is 12.5. The first-order valence-electron chi connectivity index (χ1n) is 6.44. The van der Waals surface area contributed by atoms with E-state index in [1.165, 1.54) is 24.3 Å². The van der Waals surface area contributed by atoms with E-state index in [4.69, 9.17) is 13.4 Å². The summed E-state index contributed by atoms with van der Waals surface area (Å²) in [5.74, 6) is 0.0167. The molecule has 24 heavy (non-hydrogen) atoms. The second-order valence-corrected chi connectivity index (χ2v) is 9.47. The third-order valence-corrected chi connectivity index (χ3v) is 8.25. The number of benzene rings is 2. The molecule has 2 aromatic carbocycles. The van der Waals surface area contributed by atoms with Crippen LogP contribution in [-0.4, -0.2) is 4.89 Å². The van der Waals surface area contributed by atoms with Gasteiger partial charge in [-0.1, -0.05) is 36.4 Å². The average Bonchev–Trinajstić information content (AvgIpc) is 2.45. The molecule has 12 heteroatoms. The average molecular weight is 392 g/mol. The van der Waals surface area contributed by atoms with Gasteiger partial charge in [-0.2, -0.15) is 12.9 Å². The molecular weight excluding hydrogens is 381 g/mol. The molecule has 1 saturated heterocycles. The Morgan fingerprint density at radius 2 is 1.04 bits per heavy atom. The van der Waals surface area contributed by atoms with E-state index in [2.05, 4.69) is 8.62 Å². The maximum absolute atomic E-state index is 12.5. The van der Waals surface area contributed by atoms with Gasteiger partial charge < -0.3 is 13.9 Å². The third-order valence-electron chi connectivity index (χ3n) is 2.53. The van der Waals surface area contributed by atoms with Crippen LogP contribution in [0.25, 0.3) is 0 Å². The van der Waals surface area contributed by atoms with Crippen molar-refractivity contribution in [3.8, 4) is 11.5 Å². The van der Waals surface area contributed by atoms with Crippen LogP contribution in [0.5, 0.6) is 11.5 Å². The van der Waals surface area contributed by atoms with E-state index in [9.17, 15) is 18.6 Å². The van der Waals surface area contributed by atoms with Gasteiger partial charge in [-0.05, 0) is 24.3 Å². The SMILES string of the molecule is O=P1(O)OP(=O)(Oc2ccccc2)OP(=O)(Oc2ccccc2)O1. The van der Waals surface area contributed by atoms with Gasteiger partial charge >= 0.3 is 23.5 Å². The Balaban J connectivity index is 1.88. The maximum Gasteiger partial charge on any atom is 0.548 e. The monoisotopic (exact) mass is 392 g/mol. The zero-order chi connectivity index (χ0) is 17.3. The van der Waals surface area contributed by atoms with Gasteiger partial charge in [0.05, 0.1) is 0 Å². The van der Waals surface area contributed by atoms with Crippen LogP contribution in [0.2, 0.25) is 0 Å². The molecule has 0 spiro atoms. The van der Waals surface area contributed by atoms with Gasteiger partial charge in [-0.15, -0.1) is 0 Å². The molecule has 0 amide bonds. The van der Waals surface area contributed by atoms with Gasteiger partial charge in [0.25, 0.3) is 0 Å². The van der Waals surface area contributed by atoms with E-state index >= 15 is 0 Å². The first-order chi connectivity index (χ1) is 11.3. The molecule has 0 radical (unpaired) electrons. The Labute approximate surface area is 136 Å². The third kappa shape index (κ3) is 4.35. The summed E-state index contributed by atoms with van der Waals surface area (Å²) in [6.45, 7) is 0. The minimum absolute atomic E-state index is 0.00833. The Bertz CT molecular complexity index is 787. The highest BCUT2D eigenvalue weighted by molar-refractivity contribution is 7.75. The van der Waals surface area contributed by atoms with Crippen molar-refractivity contribution in [2.75, 3.05) is 0 Å². The largest absolute Gasteiger partial charge is 0.548 e. The number of hydrogen-bond donors (Lipinski definition) is 1. The molecule has 2 unspecified atom stereocenters. The summed E-state index contributed by atoms with van der Waals surface area (Å²) in [7, 11) is -14.5. The van der Waals surface area contributed by atoms with Crippen molar-refractivity contribution in [3.63, 3.8) is 0 Å². The van der Waals surface area contributed by atoms with Gasteiger partial charge in [-0.25, -0.2) is 13.7 Å². The normalized spacial score (nSPS) is 32.9. The Morgan fingerprint density at radius 3 is 1.42 bits per heavy atom. The Morgan fingerprint density at radius 1 is 0.667 bits per heavy atom. The van der Waals surface area contributed by atoms with Gasteiger partial charge in [0.1, 0.15) is 11.5 Å². The minimum Gasteiger partial charge on any atom is -0.403 e. The molecule has 1 aliphatic heterocycles. The van der Waals surface area contributed by atoms with E-state index < -0.39 is 23.5 Å². The molecule has 3 rings (SSSR count). The molecule has 0 aromatic heterocycles. The van der Waals surface area contributed by atoms with Crippen molar-refractivity contribution in [1.82, 2.24) is 0 Å². The summed E-state index contributed by atoms with van der Waals surface area (Å²) in [5, 5.41) is 0. The highest BCUT2D eigenvalue weighted by Gasteiger charge is 2.57. The van der Waals surface area contributed by atoms with Gasteiger partial charge in [0.15, 0.2) is 0 Å². The molecule has 0 bridgehead atoms. The predicted octanol–water partition coefficient (Wildman–Crippen LogP) is 4.52. The topological polar surface area (TPSA) is 118 Å². The molecular formula is C12H11O9P3. The van der Waals surface area contributed by atoms with Crippen LogP contribution in [0.4, 0.5) is 0 Å². The van der Waals surface area contributed by atoms with Crippen LogP contribution in [-0.2, 0) is 26.6 Å². The van der Waals surface area contributed by atoms with Gasteiger partial charge in [-0.3, -0.25) is 0 Å². The Kier molecular flexibility index (Phi) is 4.69. The summed E-state index contributed by atoms with van der Waals surface area (Å²) in [6.07, 6.45) is 0. The highest BCUT2D eigenvalue weighted by atomic mass is 31.3.